The molecular weight excluding hydrogens is 1360 g/mol. The van der Waals surface area contributed by atoms with E-state index >= 15 is 0 Å². The number of likely N-dealkylation sites (N-methyl/N-ethyl adjacent to an activating group) is 3. The van der Waals surface area contributed by atoms with Gasteiger partial charge < -0.3 is 25.9 Å². The topological polar surface area (TPSA) is 285 Å². The number of thiophene rings is 2. The highest BCUT2D eigenvalue weighted by Crippen LogP contribution is 2.39. The summed E-state index contributed by atoms with van der Waals surface area (Å²) in [6.45, 7) is 0. The maximum absolute atomic E-state index is 13.4. The normalized spacial score (nSPS) is 24.5. The molecule has 8 N–H and O–H groups in total. The minimum atomic E-state index is -2.92. The first-order chi connectivity index (χ1) is 43.1. The molecule has 6 aromatic heterocycles. The first-order valence-corrected chi connectivity index (χ1v) is 35.7. The molecule has 9 aromatic rings. The zero-order chi connectivity index (χ0) is 65.3. The van der Waals surface area contributed by atoms with Crippen molar-refractivity contribution in [1.82, 2.24) is 66.8 Å². The lowest BCUT2D eigenvalue weighted by molar-refractivity contribution is -0.120. The summed E-state index contributed by atoms with van der Waals surface area (Å²) in [5.74, 6) is 9.08. The summed E-state index contributed by atoms with van der Waals surface area (Å²) >= 11 is 21.8. The second-order valence-corrected chi connectivity index (χ2v) is 31.6. The van der Waals surface area contributed by atoms with Gasteiger partial charge in [-0.3, -0.25) is 19.1 Å². The SMILES string of the molecule is C=S1(=O)NC(c2ccc(-c3cnc[nH]3)s2)CC(C(=O)Nc2ccc(F)c(Cl)c2)N1C.C=S1(=O)NC(c2ccc(-c3ncn(C)n3)s2)CC(C(=O)Nc2ccc(F)c(Cl)c2)N1C.C=S1(=O)NC(c2ncc(-c3cnc[nH]3)s2)CC(C(=O)Nc2ccc(F)c(Cl)c2)N1C. The highest BCUT2D eigenvalue weighted by atomic mass is 35.5. The number of H-pyrrole nitrogens is 2. The fourth-order valence-corrected chi connectivity index (χ4v) is 17.7. The van der Waals surface area contributed by atoms with Crippen LogP contribution in [0, 0.1) is 17.5 Å². The molecule has 9 unspecified atom stereocenters. The third-order valence-electron chi connectivity index (χ3n) is 14.6. The summed E-state index contributed by atoms with van der Waals surface area (Å²) in [5, 5.41) is 12.9. The molecule has 0 saturated carbocycles. The van der Waals surface area contributed by atoms with E-state index in [1.54, 1.807) is 70.4 Å². The van der Waals surface area contributed by atoms with Gasteiger partial charge in [0, 0.05) is 61.2 Å². The van der Waals surface area contributed by atoms with Gasteiger partial charge in [0.2, 0.25) is 17.7 Å². The number of anilines is 3. The number of aromatic nitrogens is 8. The summed E-state index contributed by atoms with van der Waals surface area (Å²) in [5.41, 5.74) is 2.78. The predicted octanol–water partition coefficient (Wildman–Crippen LogP) is 9.15. The molecular formula is C56H57Cl3F3N17O6S6. The van der Waals surface area contributed by atoms with Crippen LogP contribution in [-0.2, 0) is 51.1 Å². The van der Waals surface area contributed by atoms with Crippen LogP contribution < -0.4 is 30.1 Å². The van der Waals surface area contributed by atoms with Gasteiger partial charge in [-0.25, -0.2) is 72.8 Å². The van der Waals surface area contributed by atoms with Crippen LogP contribution in [0.1, 0.15) is 52.1 Å². The molecule has 91 heavy (non-hydrogen) atoms. The molecule has 0 bridgehead atoms. The number of aromatic amines is 2. The molecule has 3 fully saturated rings. The molecule has 3 aliphatic rings. The number of hydrogen-bond donors (Lipinski definition) is 8. The lowest BCUT2D eigenvalue weighted by Gasteiger charge is -2.39. The van der Waals surface area contributed by atoms with Gasteiger partial charge in [0.05, 0.1) is 114 Å². The lowest BCUT2D eigenvalue weighted by Crippen LogP contribution is -2.55. The third-order valence-corrected chi connectivity index (χ3v) is 24.6. The molecule has 23 nitrogen and oxygen atoms in total. The Bertz CT molecular complexity index is 4310. The molecule has 3 aromatic carbocycles. The average Bonchev–Trinajstić information content (AvgIpc) is 2.02. The van der Waals surface area contributed by atoms with Crippen molar-refractivity contribution in [3.8, 4) is 31.8 Å². The first kappa shape index (κ1) is 67.0. The number of nitrogens with zero attached hydrogens (tertiary/aromatic N) is 9. The van der Waals surface area contributed by atoms with E-state index in [1.165, 1.54) is 102 Å². The van der Waals surface area contributed by atoms with Crippen LogP contribution in [0.5, 0.6) is 0 Å². The van der Waals surface area contributed by atoms with Gasteiger partial charge in [-0.15, -0.1) is 34.0 Å². The number of halogens is 6. The van der Waals surface area contributed by atoms with E-state index in [0.717, 1.165) is 35.8 Å². The van der Waals surface area contributed by atoms with Crippen LogP contribution in [0.4, 0.5) is 30.2 Å². The van der Waals surface area contributed by atoms with Crippen LogP contribution in [0.3, 0.4) is 0 Å². The summed E-state index contributed by atoms with van der Waals surface area (Å²) in [4.78, 5) is 66.2. The summed E-state index contributed by atoms with van der Waals surface area (Å²) in [6.07, 6.45) is 11.0. The Balaban J connectivity index is 0.000000150. The largest absolute Gasteiger partial charge is 0.344 e. The van der Waals surface area contributed by atoms with E-state index in [9.17, 15) is 40.2 Å². The number of amides is 3. The van der Waals surface area contributed by atoms with Crippen molar-refractivity contribution in [3.63, 3.8) is 0 Å². The van der Waals surface area contributed by atoms with Gasteiger partial charge in [-0.05, 0) is 116 Å². The summed E-state index contributed by atoms with van der Waals surface area (Å²) < 4.78 is 94.4. The maximum atomic E-state index is 13.4. The average molecular weight is 1420 g/mol. The number of carbonyl (C=O) groups excluding carboxylic acids is 3. The number of nitrogens with one attached hydrogen (secondary N) is 8. The Morgan fingerprint density at radius 2 is 0.934 bits per heavy atom. The smallest absolute Gasteiger partial charge is 0.242 e. The third kappa shape index (κ3) is 15.6. The standard InChI is InChI=1S/C19H20ClFN6O2S2.C19H19ClFN5O2S2.C18H18ClFN6O2S2/c1-26-10-22-18(24-26)17-7-6-16(30-17)14-9-15(27(2)31(3,29)25-14)19(28)23-11-4-5-13(21)12(20)8-11;1-26-16(19(27)24-11-3-4-13(21)12(20)7-11)8-14(25-30(26,2)28)17-5-6-18(29-17)15-9-22-10-23-15;1-26-15(17(27)24-10-3-4-12(20)11(19)5-10)6-13(25-30(26,2)28)18-22-8-16(29-18)14-7-21-9-23-14/h4-8,10,14-15H,3,9H2,1-2H3,(H,23,28)(H,25,29);3-7,9-10,14,16H,2,8H2,1H3,(H,22,23)(H,24,27)(H,25,28);3-5,7-9,13,15H,2,6H2,1H3,(H,21,23)(H,24,27)(H,25,28). The van der Waals surface area contributed by atoms with Crippen LogP contribution in [0.2, 0.25) is 15.1 Å². The number of benzene rings is 3. The fourth-order valence-electron chi connectivity index (χ4n) is 9.66. The second kappa shape index (κ2) is 27.8. The maximum Gasteiger partial charge on any atom is 0.242 e. The molecule has 0 aliphatic carbocycles. The van der Waals surface area contributed by atoms with Crippen molar-refractivity contribution in [2.75, 3.05) is 37.1 Å². The molecule has 3 amide bonds. The lowest BCUT2D eigenvalue weighted by atomic mass is 10.1. The number of carbonyl (C=O) groups is 3. The number of imidazole rings is 2. The van der Waals surface area contributed by atoms with Gasteiger partial charge in [0.25, 0.3) is 0 Å². The minimum absolute atomic E-state index is 0.0878. The van der Waals surface area contributed by atoms with E-state index in [1.807, 2.05) is 24.3 Å². The van der Waals surface area contributed by atoms with E-state index in [2.05, 4.69) is 82.7 Å². The Kier molecular flexibility index (Phi) is 20.5. The molecule has 480 valence electrons. The van der Waals surface area contributed by atoms with Crippen molar-refractivity contribution in [2.45, 2.75) is 55.5 Å². The predicted molar refractivity (Wildman–Crippen MR) is 358 cm³/mol. The van der Waals surface area contributed by atoms with Gasteiger partial charge in [0.15, 0.2) is 5.82 Å². The molecule has 9 heterocycles. The molecule has 9 atom stereocenters. The Morgan fingerprint density at radius 3 is 1.33 bits per heavy atom. The van der Waals surface area contributed by atoms with Crippen molar-refractivity contribution in [3.05, 3.63) is 164 Å². The van der Waals surface area contributed by atoms with E-state index in [0.29, 0.717) is 47.2 Å². The highest BCUT2D eigenvalue weighted by molar-refractivity contribution is 7.97. The molecule has 0 radical (unpaired) electrons. The molecule has 3 aliphatic heterocycles. The Hall–Kier alpha value is -6.86. The first-order valence-electron chi connectivity index (χ1n) is 27.0. The van der Waals surface area contributed by atoms with Gasteiger partial charge >= 0.3 is 0 Å². The zero-order valence-corrected chi connectivity index (χ0v) is 55.5. The minimum Gasteiger partial charge on any atom is -0.344 e. The number of aryl methyl sites for hydroxylation is 1. The summed E-state index contributed by atoms with van der Waals surface area (Å²) in [6, 6.07) is 16.2. The number of hydrogen-bond acceptors (Lipinski definition) is 14. The van der Waals surface area contributed by atoms with Crippen molar-refractivity contribution >= 4 is 151 Å². The van der Waals surface area contributed by atoms with Crippen LogP contribution >= 0.6 is 68.8 Å². The van der Waals surface area contributed by atoms with Crippen molar-refractivity contribution in [2.24, 2.45) is 7.05 Å². The van der Waals surface area contributed by atoms with Crippen molar-refractivity contribution in [1.29, 1.82) is 0 Å². The molecule has 3 saturated heterocycles. The molecule has 0 spiro atoms. The quantitative estimate of drug-likeness (QED) is 0.0534. The monoisotopic (exact) mass is 1420 g/mol. The van der Waals surface area contributed by atoms with Crippen LogP contribution in [0.25, 0.3) is 31.8 Å². The van der Waals surface area contributed by atoms with Gasteiger partial charge in [0.1, 0.15) is 46.9 Å². The van der Waals surface area contributed by atoms with Crippen molar-refractivity contribution < 1.29 is 40.2 Å². The van der Waals surface area contributed by atoms with Crippen LogP contribution in [0.15, 0.2) is 116 Å². The number of thiazole rings is 1. The Labute approximate surface area is 549 Å². The van der Waals surface area contributed by atoms with Crippen LogP contribution in [-0.4, -0.2) is 140 Å². The summed E-state index contributed by atoms with van der Waals surface area (Å²) in [7, 11) is -2.18. The Morgan fingerprint density at radius 1 is 0.538 bits per heavy atom. The zero-order valence-electron chi connectivity index (χ0n) is 48.4. The highest BCUT2D eigenvalue weighted by Gasteiger charge is 2.41. The van der Waals surface area contributed by atoms with Gasteiger partial charge in [-0.1, -0.05) is 34.8 Å². The van der Waals surface area contributed by atoms with E-state index in [4.69, 9.17) is 34.8 Å². The van der Waals surface area contributed by atoms with E-state index < -0.39 is 77.2 Å². The van der Waals surface area contributed by atoms with Gasteiger partial charge in [-0.2, -0.15) is 5.10 Å². The molecule has 35 heteroatoms. The fraction of sp³-hybridized carbons (Fsp3) is 0.232. The molecule has 12 rings (SSSR count). The second-order valence-electron chi connectivity index (χ2n) is 20.8. The van der Waals surface area contributed by atoms with E-state index in [-0.39, 0.29) is 39.0 Å². The number of rotatable bonds is 12.